The number of piperazine rings is 1. The van der Waals surface area contributed by atoms with Gasteiger partial charge < -0.3 is 15.5 Å². The highest BCUT2D eigenvalue weighted by atomic mass is 79.9. The van der Waals surface area contributed by atoms with Crippen LogP contribution in [0.15, 0.2) is 16.6 Å². The molecule has 0 unspecified atom stereocenters. The Morgan fingerprint density at radius 3 is 2.59 bits per heavy atom. The lowest BCUT2D eigenvalue weighted by Crippen LogP contribution is -2.45. The number of phenols is 1. The maximum Gasteiger partial charge on any atom is 0.312 e. The van der Waals surface area contributed by atoms with Crippen molar-refractivity contribution in [2.75, 3.05) is 32.8 Å². The van der Waals surface area contributed by atoms with Gasteiger partial charge >= 0.3 is 5.69 Å². The van der Waals surface area contributed by atoms with Crippen LogP contribution in [-0.2, 0) is 0 Å². The van der Waals surface area contributed by atoms with Crippen molar-refractivity contribution in [3.05, 3.63) is 32.3 Å². The summed E-state index contributed by atoms with van der Waals surface area (Å²) in [6.45, 7) is 3.13. The number of rotatable bonds is 5. The van der Waals surface area contributed by atoms with Crippen LogP contribution in [0.5, 0.6) is 5.75 Å². The minimum absolute atomic E-state index is 0. The quantitative estimate of drug-likeness (QED) is 0.519. The highest BCUT2D eigenvalue weighted by molar-refractivity contribution is 9.10. The Bertz CT molecular complexity index is 526. The molecule has 0 saturated carbocycles. The first kappa shape index (κ1) is 19.1. The Morgan fingerprint density at radius 1 is 1.41 bits per heavy atom. The van der Waals surface area contributed by atoms with E-state index < -0.39 is 4.92 Å². The van der Waals surface area contributed by atoms with Crippen LogP contribution in [0.2, 0.25) is 0 Å². The number of nitro benzene ring substituents is 1. The van der Waals surface area contributed by atoms with Gasteiger partial charge in [-0.25, -0.2) is 0 Å². The standard InChI is InChI=1S/C13H18BrN3O4.ClH/c14-9-7-10(13(19)12(8-9)17(20)21)11(1-6-18)16-4-2-15-3-5-16;/h7-8,11,15,18-19H,1-6H2;1H/t11-;/m0./s1. The molecule has 2 rings (SSSR count). The molecule has 1 aromatic carbocycles. The van der Waals surface area contributed by atoms with Gasteiger partial charge in [-0.2, -0.15) is 0 Å². The molecule has 1 aliphatic rings. The number of nitro groups is 1. The molecule has 0 aliphatic carbocycles. The molecule has 1 aliphatic heterocycles. The zero-order valence-corrected chi connectivity index (χ0v) is 14.3. The van der Waals surface area contributed by atoms with E-state index in [1.807, 2.05) is 0 Å². The van der Waals surface area contributed by atoms with Crippen molar-refractivity contribution < 1.29 is 15.1 Å². The SMILES string of the molecule is Cl.O=[N+]([O-])c1cc(Br)cc([C@H](CCO)N2CCNCC2)c1O. The maximum atomic E-state index is 11.0. The maximum absolute atomic E-state index is 11.0. The van der Waals surface area contributed by atoms with Gasteiger partial charge in [-0.1, -0.05) is 15.9 Å². The fraction of sp³-hybridized carbons (Fsp3) is 0.538. The summed E-state index contributed by atoms with van der Waals surface area (Å²) in [7, 11) is 0. The summed E-state index contributed by atoms with van der Waals surface area (Å²) in [5, 5.41) is 33.8. The Morgan fingerprint density at radius 2 is 2.05 bits per heavy atom. The summed E-state index contributed by atoms with van der Waals surface area (Å²) in [6.07, 6.45) is 0.418. The Labute approximate surface area is 143 Å². The van der Waals surface area contributed by atoms with Gasteiger partial charge in [0.25, 0.3) is 0 Å². The lowest BCUT2D eigenvalue weighted by atomic mass is 9.99. The van der Waals surface area contributed by atoms with Crippen molar-refractivity contribution in [3.63, 3.8) is 0 Å². The van der Waals surface area contributed by atoms with Crippen molar-refractivity contribution in [1.29, 1.82) is 0 Å². The third-order valence-electron chi connectivity index (χ3n) is 3.63. The molecule has 22 heavy (non-hydrogen) atoms. The molecular formula is C13H19BrClN3O4. The largest absolute Gasteiger partial charge is 0.502 e. The monoisotopic (exact) mass is 395 g/mol. The summed E-state index contributed by atoms with van der Waals surface area (Å²) in [5.41, 5.74) is 0.157. The lowest BCUT2D eigenvalue weighted by Gasteiger charge is -2.35. The summed E-state index contributed by atoms with van der Waals surface area (Å²) in [6, 6.07) is 2.73. The van der Waals surface area contributed by atoms with Crippen LogP contribution >= 0.6 is 28.3 Å². The number of benzene rings is 1. The Balaban J connectivity index is 0.00000242. The molecule has 0 amide bonds. The topological polar surface area (TPSA) is 98.9 Å². The zero-order chi connectivity index (χ0) is 15.4. The molecule has 1 aromatic rings. The van der Waals surface area contributed by atoms with Crippen molar-refractivity contribution >= 4 is 34.0 Å². The van der Waals surface area contributed by atoms with Gasteiger partial charge in [0.05, 0.1) is 4.92 Å². The highest BCUT2D eigenvalue weighted by Gasteiger charge is 2.28. The number of aromatic hydroxyl groups is 1. The molecule has 0 aromatic heterocycles. The van der Waals surface area contributed by atoms with Gasteiger partial charge in [-0.3, -0.25) is 15.0 Å². The molecule has 0 bridgehead atoms. The number of halogens is 2. The van der Waals surface area contributed by atoms with E-state index in [2.05, 4.69) is 26.1 Å². The number of nitrogens with one attached hydrogen (secondary N) is 1. The van der Waals surface area contributed by atoms with Crippen molar-refractivity contribution in [3.8, 4) is 5.75 Å². The van der Waals surface area contributed by atoms with E-state index in [0.29, 0.717) is 16.5 Å². The zero-order valence-electron chi connectivity index (χ0n) is 11.9. The molecule has 9 heteroatoms. The van der Waals surface area contributed by atoms with E-state index in [1.165, 1.54) is 6.07 Å². The first-order chi connectivity index (χ1) is 10.0. The Hall–Kier alpha value is -0.930. The molecule has 124 valence electrons. The molecule has 1 fully saturated rings. The minimum Gasteiger partial charge on any atom is -0.502 e. The third kappa shape index (κ3) is 4.30. The van der Waals surface area contributed by atoms with Crippen LogP contribution in [0.1, 0.15) is 18.0 Å². The van der Waals surface area contributed by atoms with Crippen molar-refractivity contribution in [1.82, 2.24) is 10.2 Å². The van der Waals surface area contributed by atoms with Crippen LogP contribution < -0.4 is 5.32 Å². The number of hydrogen-bond acceptors (Lipinski definition) is 6. The van der Waals surface area contributed by atoms with Gasteiger partial charge in [0.2, 0.25) is 0 Å². The molecule has 3 N–H and O–H groups in total. The van der Waals surface area contributed by atoms with Gasteiger partial charge in [-0.05, 0) is 12.5 Å². The normalized spacial score (nSPS) is 16.8. The smallest absolute Gasteiger partial charge is 0.312 e. The molecule has 1 atom stereocenters. The van der Waals surface area contributed by atoms with Crippen molar-refractivity contribution in [2.24, 2.45) is 0 Å². The average molecular weight is 397 g/mol. The third-order valence-corrected chi connectivity index (χ3v) is 4.09. The fourth-order valence-electron chi connectivity index (χ4n) is 2.65. The predicted molar refractivity (Wildman–Crippen MR) is 88.6 cm³/mol. The average Bonchev–Trinajstić information content (AvgIpc) is 2.47. The van der Waals surface area contributed by atoms with Gasteiger partial charge in [0.15, 0.2) is 5.75 Å². The van der Waals surface area contributed by atoms with Crippen LogP contribution in [0, 0.1) is 10.1 Å². The molecule has 7 nitrogen and oxygen atoms in total. The van der Waals surface area contributed by atoms with Crippen LogP contribution in [0.4, 0.5) is 5.69 Å². The molecular weight excluding hydrogens is 378 g/mol. The van der Waals surface area contributed by atoms with Crippen molar-refractivity contribution in [2.45, 2.75) is 12.5 Å². The van der Waals surface area contributed by atoms with Gasteiger partial charge in [-0.15, -0.1) is 12.4 Å². The number of nitrogens with zero attached hydrogens (tertiary/aromatic N) is 2. The van der Waals surface area contributed by atoms with Crippen LogP contribution in [0.3, 0.4) is 0 Å². The minimum atomic E-state index is -0.600. The van der Waals surface area contributed by atoms with E-state index in [0.717, 1.165) is 26.2 Å². The van der Waals surface area contributed by atoms with Gasteiger partial charge in [0.1, 0.15) is 0 Å². The number of aliphatic hydroxyl groups is 1. The van der Waals surface area contributed by atoms with E-state index in [4.69, 9.17) is 0 Å². The second kappa shape index (κ2) is 8.64. The van der Waals surface area contributed by atoms with Crippen LogP contribution in [0.25, 0.3) is 0 Å². The number of phenolic OH excluding ortho intramolecular Hbond substituents is 1. The van der Waals surface area contributed by atoms with Crippen LogP contribution in [-0.4, -0.2) is 52.8 Å². The second-order valence-electron chi connectivity index (χ2n) is 4.93. The number of hydrogen-bond donors (Lipinski definition) is 3. The van der Waals surface area contributed by atoms with Gasteiger partial charge in [0, 0.05) is 54.9 Å². The number of aliphatic hydroxyl groups excluding tert-OH is 1. The summed E-state index contributed by atoms with van der Waals surface area (Å²) in [4.78, 5) is 12.6. The highest BCUT2D eigenvalue weighted by Crippen LogP contribution is 2.39. The van der Waals surface area contributed by atoms with E-state index in [9.17, 15) is 20.3 Å². The second-order valence-corrected chi connectivity index (χ2v) is 5.85. The summed E-state index contributed by atoms with van der Waals surface area (Å²) < 4.78 is 0.542. The van der Waals surface area contributed by atoms with E-state index >= 15 is 0 Å². The Kier molecular flexibility index (Phi) is 7.51. The first-order valence-electron chi connectivity index (χ1n) is 6.77. The molecule has 0 spiro atoms. The molecule has 0 radical (unpaired) electrons. The van der Waals surface area contributed by atoms with E-state index in [-0.39, 0.29) is 36.5 Å². The molecule has 1 saturated heterocycles. The molecule has 1 heterocycles. The van der Waals surface area contributed by atoms with E-state index in [1.54, 1.807) is 6.07 Å². The fourth-order valence-corrected chi connectivity index (χ4v) is 3.11. The first-order valence-corrected chi connectivity index (χ1v) is 7.56. The summed E-state index contributed by atoms with van der Waals surface area (Å²) >= 11 is 3.25. The predicted octanol–water partition coefficient (Wildman–Crippen LogP) is 1.81. The summed E-state index contributed by atoms with van der Waals surface area (Å²) in [5.74, 6) is -0.319. The lowest BCUT2D eigenvalue weighted by molar-refractivity contribution is -0.386.